The van der Waals surface area contributed by atoms with E-state index in [2.05, 4.69) is 25.1 Å². The van der Waals surface area contributed by atoms with Gasteiger partial charge in [-0.25, -0.2) is 4.98 Å². The first-order valence-corrected chi connectivity index (χ1v) is 8.53. The maximum absolute atomic E-state index is 5.42. The fourth-order valence-corrected chi connectivity index (χ4v) is 2.75. The van der Waals surface area contributed by atoms with E-state index < -0.39 is 0 Å². The Hall–Kier alpha value is -3.61. The third-order valence-corrected chi connectivity index (χ3v) is 4.21. The predicted octanol–water partition coefficient (Wildman–Crippen LogP) is 3.53. The van der Waals surface area contributed by atoms with Crippen molar-refractivity contribution >= 4 is 5.82 Å². The highest BCUT2D eigenvalue weighted by Gasteiger charge is 2.13. The third-order valence-electron chi connectivity index (χ3n) is 4.21. The monoisotopic (exact) mass is 358 g/mol. The van der Waals surface area contributed by atoms with Gasteiger partial charge in [0.1, 0.15) is 5.82 Å². The molecule has 7 heteroatoms. The average Bonchev–Trinajstić information content (AvgIpc) is 3.19. The van der Waals surface area contributed by atoms with Crippen LogP contribution in [0.3, 0.4) is 0 Å². The number of aryl methyl sites for hydroxylation is 1. The van der Waals surface area contributed by atoms with E-state index in [1.165, 1.54) is 0 Å². The highest BCUT2D eigenvalue weighted by atomic mass is 16.5. The summed E-state index contributed by atoms with van der Waals surface area (Å²) in [4.78, 5) is 19.4. The SMILES string of the molecule is Cc1ccccc1-c1noc(-c2ccc(N(C)Cc3cnccn3)nc2)n1. The molecular weight excluding hydrogens is 340 g/mol. The van der Waals surface area contributed by atoms with E-state index in [1.54, 1.807) is 24.8 Å². The van der Waals surface area contributed by atoms with Crippen molar-refractivity contribution in [3.8, 4) is 22.8 Å². The molecule has 4 rings (SSSR count). The van der Waals surface area contributed by atoms with Crippen LogP contribution in [0.1, 0.15) is 11.3 Å². The van der Waals surface area contributed by atoms with Crippen molar-refractivity contribution in [3.63, 3.8) is 0 Å². The molecule has 134 valence electrons. The van der Waals surface area contributed by atoms with Gasteiger partial charge in [0.15, 0.2) is 0 Å². The molecule has 27 heavy (non-hydrogen) atoms. The van der Waals surface area contributed by atoms with Crippen LogP contribution in [0.2, 0.25) is 0 Å². The smallest absolute Gasteiger partial charge is 0.259 e. The molecule has 0 amide bonds. The Bertz CT molecular complexity index is 1030. The van der Waals surface area contributed by atoms with Crippen molar-refractivity contribution in [2.75, 3.05) is 11.9 Å². The first-order chi connectivity index (χ1) is 13.2. The van der Waals surface area contributed by atoms with Crippen LogP contribution in [0.25, 0.3) is 22.8 Å². The van der Waals surface area contributed by atoms with Crippen molar-refractivity contribution in [1.29, 1.82) is 0 Å². The molecule has 1 aromatic carbocycles. The molecule has 0 saturated heterocycles. The Balaban J connectivity index is 1.52. The van der Waals surface area contributed by atoms with E-state index in [4.69, 9.17) is 4.52 Å². The number of anilines is 1. The minimum atomic E-state index is 0.448. The second-order valence-corrected chi connectivity index (χ2v) is 6.20. The number of rotatable bonds is 5. The van der Waals surface area contributed by atoms with E-state index in [0.717, 1.165) is 28.2 Å². The maximum Gasteiger partial charge on any atom is 0.259 e. The summed E-state index contributed by atoms with van der Waals surface area (Å²) in [6.07, 6.45) is 6.82. The summed E-state index contributed by atoms with van der Waals surface area (Å²) in [5.41, 5.74) is 3.72. The zero-order chi connectivity index (χ0) is 18.6. The fourth-order valence-electron chi connectivity index (χ4n) is 2.75. The molecule has 0 bridgehead atoms. The van der Waals surface area contributed by atoms with Gasteiger partial charge >= 0.3 is 0 Å². The predicted molar refractivity (Wildman–Crippen MR) is 102 cm³/mol. The van der Waals surface area contributed by atoms with Gasteiger partial charge < -0.3 is 9.42 Å². The molecule has 0 radical (unpaired) electrons. The molecule has 0 N–H and O–H groups in total. The van der Waals surface area contributed by atoms with Gasteiger partial charge in [0.25, 0.3) is 5.89 Å². The number of aromatic nitrogens is 5. The lowest BCUT2D eigenvalue weighted by atomic mass is 10.1. The van der Waals surface area contributed by atoms with Gasteiger partial charge in [-0.15, -0.1) is 0 Å². The topological polar surface area (TPSA) is 80.8 Å². The van der Waals surface area contributed by atoms with Crippen LogP contribution >= 0.6 is 0 Å². The third kappa shape index (κ3) is 3.67. The summed E-state index contributed by atoms with van der Waals surface area (Å²) in [5, 5.41) is 4.10. The van der Waals surface area contributed by atoms with Gasteiger partial charge in [0, 0.05) is 31.2 Å². The molecule has 4 aromatic rings. The zero-order valence-electron chi connectivity index (χ0n) is 15.1. The normalized spacial score (nSPS) is 10.7. The lowest BCUT2D eigenvalue weighted by Crippen LogP contribution is -2.18. The van der Waals surface area contributed by atoms with E-state index in [-0.39, 0.29) is 0 Å². The second-order valence-electron chi connectivity index (χ2n) is 6.20. The molecule has 0 fully saturated rings. The molecule has 0 atom stereocenters. The summed E-state index contributed by atoms with van der Waals surface area (Å²) >= 11 is 0. The summed E-state index contributed by atoms with van der Waals surface area (Å²) in [6.45, 7) is 2.65. The maximum atomic E-state index is 5.42. The molecule has 0 spiro atoms. The van der Waals surface area contributed by atoms with Crippen LogP contribution < -0.4 is 4.90 Å². The van der Waals surface area contributed by atoms with Crippen molar-refractivity contribution in [2.45, 2.75) is 13.5 Å². The van der Waals surface area contributed by atoms with Gasteiger partial charge in [-0.2, -0.15) is 4.98 Å². The number of nitrogens with zero attached hydrogens (tertiary/aromatic N) is 6. The molecule has 0 aliphatic heterocycles. The van der Waals surface area contributed by atoms with Crippen molar-refractivity contribution in [2.24, 2.45) is 0 Å². The molecular formula is C20H18N6O. The minimum absolute atomic E-state index is 0.448. The minimum Gasteiger partial charge on any atom is -0.354 e. The average molecular weight is 358 g/mol. The van der Waals surface area contributed by atoms with Gasteiger partial charge in [0.2, 0.25) is 5.82 Å². The lowest BCUT2D eigenvalue weighted by Gasteiger charge is -2.17. The lowest BCUT2D eigenvalue weighted by molar-refractivity contribution is 0.432. The summed E-state index contributed by atoms with van der Waals surface area (Å²) in [6, 6.07) is 11.8. The van der Waals surface area contributed by atoms with Crippen LogP contribution in [-0.2, 0) is 6.54 Å². The molecule has 3 heterocycles. The number of pyridine rings is 1. The van der Waals surface area contributed by atoms with Crippen LogP contribution in [0.4, 0.5) is 5.82 Å². The van der Waals surface area contributed by atoms with Gasteiger partial charge in [0.05, 0.1) is 24.0 Å². The Morgan fingerprint density at radius 2 is 1.89 bits per heavy atom. The number of hydrogen-bond acceptors (Lipinski definition) is 7. The standard InChI is InChI=1S/C20H18N6O/c1-14-5-3-4-6-17(14)19-24-20(27-25-19)15-7-8-18(23-11-15)26(2)13-16-12-21-9-10-22-16/h3-12H,13H2,1-2H3. The van der Waals surface area contributed by atoms with Crippen LogP contribution in [0.5, 0.6) is 0 Å². The van der Waals surface area contributed by atoms with E-state index in [0.29, 0.717) is 18.3 Å². The zero-order valence-corrected chi connectivity index (χ0v) is 15.1. The van der Waals surface area contributed by atoms with Crippen molar-refractivity contribution in [1.82, 2.24) is 25.1 Å². The highest BCUT2D eigenvalue weighted by molar-refractivity contribution is 5.62. The Morgan fingerprint density at radius 3 is 2.63 bits per heavy atom. The van der Waals surface area contributed by atoms with Gasteiger partial charge in [-0.1, -0.05) is 29.4 Å². The molecule has 0 aliphatic rings. The highest BCUT2D eigenvalue weighted by Crippen LogP contribution is 2.25. The van der Waals surface area contributed by atoms with E-state index >= 15 is 0 Å². The van der Waals surface area contributed by atoms with Crippen LogP contribution in [0, 0.1) is 6.92 Å². The fraction of sp³-hybridized carbons (Fsp3) is 0.150. The number of benzene rings is 1. The Morgan fingerprint density at radius 1 is 1.00 bits per heavy atom. The van der Waals surface area contributed by atoms with Gasteiger partial charge in [-0.3, -0.25) is 9.97 Å². The van der Waals surface area contributed by atoms with Crippen LogP contribution in [-0.4, -0.2) is 32.1 Å². The first-order valence-electron chi connectivity index (χ1n) is 8.53. The van der Waals surface area contributed by atoms with E-state index in [9.17, 15) is 0 Å². The largest absolute Gasteiger partial charge is 0.354 e. The van der Waals surface area contributed by atoms with Crippen LogP contribution in [0.15, 0.2) is 65.7 Å². The second kappa shape index (κ2) is 7.33. The summed E-state index contributed by atoms with van der Waals surface area (Å²) in [7, 11) is 1.96. The van der Waals surface area contributed by atoms with Crippen molar-refractivity contribution in [3.05, 3.63) is 72.4 Å². The molecule has 7 nitrogen and oxygen atoms in total. The van der Waals surface area contributed by atoms with Gasteiger partial charge in [-0.05, 0) is 24.6 Å². The number of hydrogen-bond donors (Lipinski definition) is 0. The molecule has 0 saturated carbocycles. The Labute approximate surface area is 156 Å². The van der Waals surface area contributed by atoms with E-state index in [1.807, 2.05) is 55.3 Å². The quantitative estimate of drug-likeness (QED) is 0.540. The molecule has 3 aromatic heterocycles. The summed E-state index contributed by atoms with van der Waals surface area (Å²) < 4.78 is 5.42. The first kappa shape index (κ1) is 16.8. The van der Waals surface area contributed by atoms with Crippen molar-refractivity contribution < 1.29 is 4.52 Å². The Kier molecular flexibility index (Phi) is 4.57. The molecule has 0 aliphatic carbocycles. The summed E-state index contributed by atoms with van der Waals surface area (Å²) in [5.74, 6) is 1.85. The molecule has 0 unspecified atom stereocenters.